The van der Waals surface area contributed by atoms with Crippen molar-refractivity contribution in [3.8, 4) is 0 Å². The summed E-state index contributed by atoms with van der Waals surface area (Å²) in [4.78, 5) is 19.0. The van der Waals surface area contributed by atoms with Crippen molar-refractivity contribution in [1.29, 1.82) is 0 Å². The van der Waals surface area contributed by atoms with Crippen LogP contribution in [0.3, 0.4) is 0 Å². The molecular formula is C16H20N4O3S2. The van der Waals surface area contributed by atoms with Crippen molar-refractivity contribution in [2.24, 2.45) is 0 Å². The zero-order chi connectivity index (χ0) is 18.0. The smallest absolute Gasteiger partial charge is 0.251 e. The van der Waals surface area contributed by atoms with Gasteiger partial charge < -0.3 is 10.2 Å². The summed E-state index contributed by atoms with van der Waals surface area (Å²) in [6.45, 7) is 1.59. The van der Waals surface area contributed by atoms with Crippen LogP contribution in [0.5, 0.6) is 0 Å². The first-order chi connectivity index (χ1) is 11.9. The van der Waals surface area contributed by atoms with Crippen molar-refractivity contribution in [2.75, 3.05) is 32.1 Å². The standard InChI is InChI=1S/C16H20N4O3S2/c1-19(2)25(22,23)14-5-3-12(4-6-14)15(21)18-13-7-9-20(11-13)16-17-8-10-24-16/h3-6,8,10,13H,7,9,11H2,1-2H3,(H,18,21). The molecule has 0 saturated carbocycles. The summed E-state index contributed by atoms with van der Waals surface area (Å²) in [6.07, 6.45) is 2.63. The number of nitrogens with zero attached hydrogens (tertiary/aromatic N) is 3. The molecule has 1 unspecified atom stereocenters. The van der Waals surface area contributed by atoms with E-state index in [0.29, 0.717) is 5.56 Å². The Morgan fingerprint density at radius 3 is 2.64 bits per heavy atom. The Kier molecular flexibility index (Phi) is 5.07. The Balaban J connectivity index is 1.62. The van der Waals surface area contributed by atoms with E-state index in [1.165, 1.54) is 26.2 Å². The van der Waals surface area contributed by atoms with Gasteiger partial charge in [-0.05, 0) is 30.7 Å². The van der Waals surface area contributed by atoms with E-state index in [2.05, 4.69) is 15.2 Å². The highest BCUT2D eigenvalue weighted by Gasteiger charge is 2.26. The molecule has 1 aliphatic heterocycles. The fourth-order valence-corrected chi connectivity index (χ4v) is 4.26. The van der Waals surface area contributed by atoms with Crippen LogP contribution in [0.4, 0.5) is 5.13 Å². The molecule has 0 aliphatic carbocycles. The first-order valence-electron chi connectivity index (χ1n) is 7.86. The van der Waals surface area contributed by atoms with E-state index in [1.54, 1.807) is 29.7 Å². The second-order valence-corrected chi connectivity index (χ2v) is 9.06. The SMILES string of the molecule is CN(C)S(=O)(=O)c1ccc(C(=O)NC2CCN(c3nccs3)C2)cc1. The largest absolute Gasteiger partial charge is 0.347 e. The number of thiazole rings is 1. The highest BCUT2D eigenvalue weighted by Crippen LogP contribution is 2.22. The average molecular weight is 380 g/mol. The third-order valence-electron chi connectivity index (χ3n) is 4.11. The van der Waals surface area contributed by atoms with Gasteiger partial charge in [-0.2, -0.15) is 0 Å². The van der Waals surface area contributed by atoms with Gasteiger partial charge in [0.05, 0.1) is 4.90 Å². The van der Waals surface area contributed by atoms with Gasteiger partial charge in [0.1, 0.15) is 0 Å². The third kappa shape index (κ3) is 3.83. The van der Waals surface area contributed by atoms with E-state index in [0.717, 1.165) is 28.9 Å². The maximum Gasteiger partial charge on any atom is 0.251 e. The van der Waals surface area contributed by atoms with E-state index in [9.17, 15) is 13.2 Å². The normalized spacial score (nSPS) is 17.9. The molecule has 1 saturated heterocycles. The fourth-order valence-electron chi connectivity index (χ4n) is 2.68. The van der Waals surface area contributed by atoms with Gasteiger partial charge in [-0.3, -0.25) is 4.79 Å². The second kappa shape index (κ2) is 7.11. The van der Waals surface area contributed by atoms with Crippen LogP contribution in [0, 0.1) is 0 Å². The minimum atomic E-state index is -3.48. The first-order valence-corrected chi connectivity index (χ1v) is 10.2. The summed E-state index contributed by atoms with van der Waals surface area (Å²) in [5, 5.41) is 5.91. The van der Waals surface area contributed by atoms with Gasteiger partial charge >= 0.3 is 0 Å². The first kappa shape index (κ1) is 17.8. The molecule has 1 N–H and O–H groups in total. The Labute approximate surface area is 151 Å². The summed E-state index contributed by atoms with van der Waals surface area (Å²) < 4.78 is 25.3. The number of anilines is 1. The number of hydrogen-bond donors (Lipinski definition) is 1. The van der Waals surface area contributed by atoms with Crippen molar-refractivity contribution in [3.05, 3.63) is 41.4 Å². The van der Waals surface area contributed by atoms with Crippen LogP contribution >= 0.6 is 11.3 Å². The molecule has 9 heteroatoms. The van der Waals surface area contributed by atoms with Gasteiger partial charge in [0.25, 0.3) is 5.91 Å². The van der Waals surface area contributed by atoms with Crippen LogP contribution in [-0.2, 0) is 10.0 Å². The summed E-state index contributed by atoms with van der Waals surface area (Å²) in [6, 6.07) is 6.06. The molecule has 2 heterocycles. The number of aromatic nitrogens is 1. The lowest BCUT2D eigenvalue weighted by Gasteiger charge is -2.16. The van der Waals surface area contributed by atoms with Crippen molar-refractivity contribution < 1.29 is 13.2 Å². The van der Waals surface area contributed by atoms with Crippen LogP contribution in [0.25, 0.3) is 0 Å². The zero-order valence-corrected chi connectivity index (χ0v) is 15.7. The van der Waals surface area contributed by atoms with Gasteiger partial charge in [0.15, 0.2) is 5.13 Å². The van der Waals surface area contributed by atoms with Crippen molar-refractivity contribution >= 4 is 32.4 Å². The molecule has 1 atom stereocenters. The van der Waals surface area contributed by atoms with Gasteiger partial charge in [-0.1, -0.05) is 0 Å². The van der Waals surface area contributed by atoms with E-state index in [4.69, 9.17) is 0 Å². The Morgan fingerprint density at radius 2 is 2.04 bits per heavy atom. The summed E-state index contributed by atoms with van der Waals surface area (Å²) >= 11 is 1.58. The molecule has 7 nitrogen and oxygen atoms in total. The van der Waals surface area contributed by atoms with Crippen LogP contribution in [0.2, 0.25) is 0 Å². The molecule has 1 aromatic carbocycles. The highest BCUT2D eigenvalue weighted by atomic mass is 32.2. The maximum atomic E-state index is 12.4. The average Bonchev–Trinajstić information content (AvgIpc) is 3.26. The van der Waals surface area contributed by atoms with Gasteiger partial charge in [0, 0.05) is 50.4 Å². The maximum absolute atomic E-state index is 12.4. The fraction of sp³-hybridized carbons (Fsp3) is 0.375. The number of carbonyl (C=O) groups is 1. The van der Waals surface area contributed by atoms with Crippen LogP contribution in [0.1, 0.15) is 16.8 Å². The lowest BCUT2D eigenvalue weighted by Crippen LogP contribution is -2.37. The highest BCUT2D eigenvalue weighted by molar-refractivity contribution is 7.89. The van der Waals surface area contributed by atoms with Crippen molar-refractivity contribution in [2.45, 2.75) is 17.4 Å². The van der Waals surface area contributed by atoms with Crippen molar-refractivity contribution in [1.82, 2.24) is 14.6 Å². The summed E-state index contributed by atoms with van der Waals surface area (Å²) in [5.41, 5.74) is 0.449. The quantitative estimate of drug-likeness (QED) is 0.848. The predicted octanol–water partition coefficient (Wildman–Crippen LogP) is 1.40. The zero-order valence-electron chi connectivity index (χ0n) is 14.0. The Morgan fingerprint density at radius 1 is 1.32 bits per heavy atom. The third-order valence-corrected chi connectivity index (χ3v) is 6.77. The molecule has 1 fully saturated rings. The monoisotopic (exact) mass is 380 g/mol. The molecule has 3 rings (SSSR count). The molecule has 0 spiro atoms. The predicted molar refractivity (Wildman–Crippen MR) is 97.5 cm³/mol. The number of rotatable bonds is 5. The lowest BCUT2D eigenvalue weighted by molar-refractivity contribution is 0.0940. The number of hydrogen-bond acceptors (Lipinski definition) is 6. The number of amides is 1. The molecule has 25 heavy (non-hydrogen) atoms. The van der Waals surface area contributed by atoms with Crippen molar-refractivity contribution in [3.63, 3.8) is 0 Å². The van der Waals surface area contributed by atoms with E-state index in [1.807, 2.05) is 5.38 Å². The summed E-state index contributed by atoms with van der Waals surface area (Å²) in [7, 11) is -0.532. The number of sulfonamides is 1. The van der Waals surface area contributed by atoms with Gasteiger partial charge in [-0.25, -0.2) is 17.7 Å². The molecule has 0 bridgehead atoms. The number of nitrogens with one attached hydrogen (secondary N) is 1. The van der Waals surface area contributed by atoms with E-state index >= 15 is 0 Å². The van der Waals surface area contributed by atoms with E-state index in [-0.39, 0.29) is 16.8 Å². The molecule has 2 aromatic rings. The topological polar surface area (TPSA) is 82.6 Å². The molecule has 1 aromatic heterocycles. The number of benzene rings is 1. The molecular weight excluding hydrogens is 360 g/mol. The van der Waals surface area contributed by atoms with Gasteiger partial charge in [0.2, 0.25) is 10.0 Å². The van der Waals surface area contributed by atoms with Crippen LogP contribution < -0.4 is 10.2 Å². The minimum Gasteiger partial charge on any atom is -0.347 e. The molecule has 1 amide bonds. The molecule has 0 radical (unpaired) electrons. The van der Waals surface area contributed by atoms with E-state index < -0.39 is 10.0 Å². The minimum absolute atomic E-state index is 0.0570. The Hall–Kier alpha value is -1.97. The molecule has 134 valence electrons. The lowest BCUT2D eigenvalue weighted by atomic mass is 10.2. The van der Waals surface area contributed by atoms with Crippen LogP contribution in [-0.4, -0.2) is 56.8 Å². The van der Waals surface area contributed by atoms with Crippen LogP contribution in [0.15, 0.2) is 40.7 Å². The number of carbonyl (C=O) groups excluding carboxylic acids is 1. The van der Waals surface area contributed by atoms with Gasteiger partial charge in [-0.15, -0.1) is 11.3 Å². The Bertz CT molecular complexity index is 833. The second-order valence-electron chi connectivity index (χ2n) is 6.03. The summed E-state index contributed by atoms with van der Waals surface area (Å²) in [5.74, 6) is -0.195. The molecule has 1 aliphatic rings.